The van der Waals surface area contributed by atoms with Crippen LogP contribution < -0.4 is 4.74 Å². The molecule has 0 saturated carbocycles. The van der Waals surface area contributed by atoms with Crippen LogP contribution in [0.3, 0.4) is 0 Å². The average molecular weight is 165 g/mol. The van der Waals surface area contributed by atoms with Crippen LogP contribution in [-0.4, -0.2) is 17.9 Å². The maximum absolute atomic E-state index is 11.0. The van der Waals surface area contributed by atoms with Gasteiger partial charge in [-0.15, -0.1) is 0 Å². The second kappa shape index (κ2) is 3.34. The Morgan fingerprint density at radius 1 is 1.58 bits per heavy atom. The van der Waals surface area contributed by atoms with Crippen LogP contribution in [0, 0.1) is 6.92 Å². The third-order valence-electron chi connectivity index (χ3n) is 1.71. The number of pyridine rings is 1. The second-order valence-corrected chi connectivity index (χ2v) is 2.54. The Morgan fingerprint density at radius 3 is 2.75 bits per heavy atom. The normalized spacial score (nSPS) is 9.58. The van der Waals surface area contributed by atoms with Gasteiger partial charge in [-0.3, -0.25) is 9.78 Å². The van der Waals surface area contributed by atoms with Gasteiger partial charge >= 0.3 is 0 Å². The summed E-state index contributed by atoms with van der Waals surface area (Å²) in [4.78, 5) is 15.0. The fourth-order valence-electron chi connectivity index (χ4n) is 1.09. The fraction of sp³-hybridized carbons (Fsp3) is 0.333. The number of aromatic nitrogens is 1. The number of ether oxygens (including phenoxy) is 1. The summed E-state index contributed by atoms with van der Waals surface area (Å²) < 4.78 is 5.04. The van der Waals surface area contributed by atoms with E-state index in [1.165, 1.54) is 6.92 Å². The molecule has 0 radical (unpaired) electrons. The number of ketones is 1. The molecule has 1 aromatic rings. The molecule has 0 bridgehead atoms. The third kappa shape index (κ3) is 1.44. The van der Waals surface area contributed by atoms with Crippen LogP contribution in [-0.2, 0) is 0 Å². The number of hydrogen-bond acceptors (Lipinski definition) is 3. The molecule has 0 amide bonds. The summed E-state index contributed by atoms with van der Waals surface area (Å²) >= 11 is 0. The van der Waals surface area contributed by atoms with Crippen LogP contribution in [0.5, 0.6) is 5.75 Å². The van der Waals surface area contributed by atoms with Crippen molar-refractivity contribution in [3.63, 3.8) is 0 Å². The van der Waals surface area contributed by atoms with Crippen LogP contribution in [0.2, 0.25) is 0 Å². The molecule has 1 heterocycles. The quantitative estimate of drug-likeness (QED) is 0.625. The number of Topliss-reactive ketones (excluding diaryl/α,β-unsaturated/α-hetero) is 1. The molecule has 64 valence electrons. The van der Waals surface area contributed by atoms with E-state index < -0.39 is 0 Å². The maximum atomic E-state index is 11.0. The lowest BCUT2D eigenvalue weighted by atomic mass is 10.1. The van der Waals surface area contributed by atoms with Gasteiger partial charge in [0.1, 0.15) is 11.4 Å². The molecule has 0 spiro atoms. The Bertz CT molecular complexity index is 307. The van der Waals surface area contributed by atoms with E-state index >= 15 is 0 Å². The highest BCUT2D eigenvalue weighted by Gasteiger charge is 2.08. The Labute approximate surface area is 71.4 Å². The fourth-order valence-corrected chi connectivity index (χ4v) is 1.09. The minimum Gasteiger partial charge on any atom is -0.496 e. The third-order valence-corrected chi connectivity index (χ3v) is 1.71. The van der Waals surface area contributed by atoms with Crippen molar-refractivity contribution in [3.05, 3.63) is 23.5 Å². The highest BCUT2D eigenvalue weighted by atomic mass is 16.5. The monoisotopic (exact) mass is 165 g/mol. The van der Waals surface area contributed by atoms with Crippen molar-refractivity contribution in [2.24, 2.45) is 0 Å². The Balaban J connectivity index is 3.23. The molecular weight excluding hydrogens is 154 g/mol. The van der Waals surface area contributed by atoms with Crippen LogP contribution >= 0.6 is 0 Å². The first-order valence-corrected chi connectivity index (χ1v) is 3.67. The summed E-state index contributed by atoms with van der Waals surface area (Å²) in [5.74, 6) is 0.668. The van der Waals surface area contributed by atoms with Gasteiger partial charge in [-0.05, 0) is 13.0 Å². The molecule has 0 saturated heterocycles. The zero-order valence-corrected chi connectivity index (χ0v) is 7.42. The molecule has 0 N–H and O–H groups in total. The largest absolute Gasteiger partial charge is 0.496 e. The molecule has 0 aliphatic carbocycles. The summed E-state index contributed by atoms with van der Waals surface area (Å²) in [6.45, 7) is 3.32. The topological polar surface area (TPSA) is 39.2 Å². The lowest BCUT2D eigenvalue weighted by Crippen LogP contribution is -2.01. The molecule has 0 aliphatic rings. The molecule has 0 atom stereocenters. The lowest BCUT2D eigenvalue weighted by molar-refractivity contribution is 0.101. The number of carbonyl (C=O) groups excluding carboxylic acids is 1. The molecule has 3 nitrogen and oxygen atoms in total. The van der Waals surface area contributed by atoms with E-state index in [0.29, 0.717) is 11.4 Å². The van der Waals surface area contributed by atoms with Crippen LogP contribution in [0.15, 0.2) is 12.3 Å². The molecule has 1 aromatic heterocycles. The molecule has 0 aliphatic heterocycles. The van der Waals surface area contributed by atoms with Crippen LogP contribution in [0.1, 0.15) is 23.0 Å². The molecule has 0 fully saturated rings. The summed E-state index contributed by atoms with van der Waals surface area (Å²) in [6.07, 6.45) is 1.57. The summed E-state index contributed by atoms with van der Waals surface area (Å²) in [7, 11) is 1.58. The van der Waals surface area contributed by atoms with E-state index in [1.54, 1.807) is 19.4 Å². The summed E-state index contributed by atoms with van der Waals surface area (Å²) in [6, 6.07) is 1.74. The first kappa shape index (κ1) is 8.71. The smallest absolute Gasteiger partial charge is 0.178 e. The zero-order chi connectivity index (χ0) is 9.14. The number of methoxy groups -OCH3 is 1. The van der Waals surface area contributed by atoms with Crippen molar-refractivity contribution in [1.82, 2.24) is 4.98 Å². The Kier molecular flexibility index (Phi) is 2.43. The Morgan fingerprint density at radius 2 is 2.25 bits per heavy atom. The standard InChI is InChI=1S/C9H11NO2/c1-6-8(12-3)4-5-10-9(6)7(2)11/h4-5H,1-3H3. The van der Waals surface area contributed by atoms with Crippen molar-refractivity contribution >= 4 is 5.78 Å². The maximum Gasteiger partial charge on any atom is 0.178 e. The van der Waals surface area contributed by atoms with Gasteiger partial charge in [-0.2, -0.15) is 0 Å². The van der Waals surface area contributed by atoms with E-state index in [0.717, 1.165) is 5.56 Å². The highest BCUT2D eigenvalue weighted by Crippen LogP contribution is 2.18. The lowest BCUT2D eigenvalue weighted by Gasteiger charge is -2.05. The second-order valence-electron chi connectivity index (χ2n) is 2.54. The van der Waals surface area contributed by atoms with Gasteiger partial charge in [-0.25, -0.2) is 0 Å². The molecule has 0 unspecified atom stereocenters. The van der Waals surface area contributed by atoms with Crippen LogP contribution in [0.25, 0.3) is 0 Å². The number of hydrogen-bond donors (Lipinski definition) is 0. The first-order valence-electron chi connectivity index (χ1n) is 3.67. The van der Waals surface area contributed by atoms with Gasteiger partial charge in [0.05, 0.1) is 7.11 Å². The van der Waals surface area contributed by atoms with Crippen molar-refractivity contribution < 1.29 is 9.53 Å². The summed E-state index contributed by atoms with van der Waals surface area (Å²) in [5.41, 5.74) is 1.28. The average Bonchev–Trinajstić information content (AvgIpc) is 2.04. The van der Waals surface area contributed by atoms with Gasteiger partial charge in [0.2, 0.25) is 0 Å². The van der Waals surface area contributed by atoms with Crippen molar-refractivity contribution in [2.75, 3.05) is 7.11 Å². The van der Waals surface area contributed by atoms with Gasteiger partial charge in [0, 0.05) is 18.7 Å². The van der Waals surface area contributed by atoms with Gasteiger partial charge in [-0.1, -0.05) is 0 Å². The predicted molar refractivity (Wildman–Crippen MR) is 45.5 cm³/mol. The van der Waals surface area contributed by atoms with Crippen LogP contribution in [0.4, 0.5) is 0 Å². The number of carbonyl (C=O) groups is 1. The summed E-state index contributed by atoms with van der Waals surface area (Å²) in [5, 5.41) is 0. The van der Waals surface area contributed by atoms with E-state index in [1.807, 2.05) is 6.92 Å². The number of nitrogens with zero attached hydrogens (tertiary/aromatic N) is 1. The minimum absolute atomic E-state index is 0.0357. The zero-order valence-electron chi connectivity index (χ0n) is 7.42. The van der Waals surface area contributed by atoms with E-state index in [4.69, 9.17) is 4.74 Å². The SMILES string of the molecule is COc1ccnc(C(C)=O)c1C. The predicted octanol–water partition coefficient (Wildman–Crippen LogP) is 1.60. The van der Waals surface area contributed by atoms with Gasteiger partial charge < -0.3 is 4.74 Å². The number of rotatable bonds is 2. The van der Waals surface area contributed by atoms with Crippen molar-refractivity contribution in [1.29, 1.82) is 0 Å². The van der Waals surface area contributed by atoms with Crippen molar-refractivity contribution in [3.8, 4) is 5.75 Å². The van der Waals surface area contributed by atoms with Crippen molar-refractivity contribution in [2.45, 2.75) is 13.8 Å². The van der Waals surface area contributed by atoms with Gasteiger partial charge in [0.15, 0.2) is 5.78 Å². The van der Waals surface area contributed by atoms with E-state index in [9.17, 15) is 4.79 Å². The minimum atomic E-state index is -0.0357. The molecule has 0 aromatic carbocycles. The van der Waals surface area contributed by atoms with Gasteiger partial charge in [0.25, 0.3) is 0 Å². The molecule has 1 rings (SSSR count). The molecule has 12 heavy (non-hydrogen) atoms. The Hall–Kier alpha value is -1.38. The first-order chi connectivity index (χ1) is 5.66. The molecular formula is C9H11NO2. The highest BCUT2D eigenvalue weighted by molar-refractivity contribution is 5.94. The van der Waals surface area contributed by atoms with E-state index in [2.05, 4.69) is 4.98 Å². The molecule has 3 heteroatoms. The van der Waals surface area contributed by atoms with E-state index in [-0.39, 0.29) is 5.78 Å².